The summed E-state index contributed by atoms with van der Waals surface area (Å²) >= 11 is 9.03. The minimum absolute atomic E-state index is 0.118. The number of aromatic nitrogens is 1. The SMILES string of the molecule is Cc1cccc(NS(=O)(=O)c2ccc(Cl)c(Br)c2)n1. The topological polar surface area (TPSA) is 59.1 Å². The molecule has 0 aliphatic heterocycles. The van der Waals surface area contributed by atoms with E-state index in [2.05, 4.69) is 25.6 Å². The molecule has 0 fully saturated rings. The highest BCUT2D eigenvalue weighted by molar-refractivity contribution is 9.10. The summed E-state index contributed by atoms with van der Waals surface area (Å²) in [7, 11) is -3.67. The molecule has 2 rings (SSSR count). The molecule has 19 heavy (non-hydrogen) atoms. The summed E-state index contributed by atoms with van der Waals surface area (Å²) in [5, 5.41) is 0.452. The van der Waals surface area contributed by atoms with Crippen molar-refractivity contribution >= 4 is 43.4 Å². The van der Waals surface area contributed by atoms with Gasteiger partial charge in [-0.15, -0.1) is 0 Å². The Morgan fingerprint density at radius 1 is 1.26 bits per heavy atom. The van der Waals surface area contributed by atoms with Crippen LogP contribution in [0.5, 0.6) is 0 Å². The van der Waals surface area contributed by atoms with Gasteiger partial charge in [0.05, 0.1) is 9.92 Å². The second kappa shape index (κ2) is 5.48. The average molecular weight is 362 g/mol. The number of benzene rings is 1. The third-order valence-corrected chi connectivity index (χ3v) is 4.89. The third kappa shape index (κ3) is 3.46. The van der Waals surface area contributed by atoms with E-state index in [0.29, 0.717) is 9.50 Å². The Hall–Kier alpha value is -1.11. The van der Waals surface area contributed by atoms with E-state index in [-0.39, 0.29) is 10.7 Å². The molecular formula is C12H10BrClN2O2S. The van der Waals surface area contributed by atoms with Gasteiger partial charge in [0.25, 0.3) is 10.0 Å². The van der Waals surface area contributed by atoms with Crippen LogP contribution in [0.3, 0.4) is 0 Å². The van der Waals surface area contributed by atoms with E-state index in [1.54, 1.807) is 25.1 Å². The number of sulfonamides is 1. The molecule has 0 spiro atoms. The van der Waals surface area contributed by atoms with Crippen molar-refractivity contribution in [2.75, 3.05) is 4.72 Å². The molecule has 1 aromatic heterocycles. The van der Waals surface area contributed by atoms with Gasteiger partial charge in [0.2, 0.25) is 0 Å². The Balaban J connectivity index is 2.35. The van der Waals surface area contributed by atoms with Crippen molar-refractivity contribution in [3.05, 3.63) is 51.6 Å². The highest BCUT2D eigenvalue weighted by Gasteiger charge is 2.16. The van der Waals surface area contributed by atoms with Crippen LogP contribution >= 0.6 is 27.5 Å². The van der Waals surface area contributed by atoms with Crippen LogP contribution in [0.25, 0.3) is 0 Å². The van der Waals surface area contributed by atoms with Gasteiger partial charge in [-0.05, 0) is 53.2 Å². The van der Waals surface area contributed by atoms with Crippen LogP contribution < -0.4 is 4.72 Å². The summed E-state index contributed by atoms with van der Waals surface area (Å²) in [5.74, 6) is 0.283. The maximum atomic E-state index is 12.2. The van der Waals surface area contributed by atoms with E-state index in [9.17, 15) is 8.42 Å². The zero-order chi connectivity index (χ0) is 14.0. The number of hydrogen-bond acceptors (Lipinski definition) is 3. The van der Waals surface area contributed by atoms with Crippen molar-refractivity contribution in [3.8, 4) is 0 Å². The number of pyridine rings is 1. The normalized spacial score (nSPS) is 11.3. The van der Waals surface area contributed by atoms with Crippen LogP contribution in [0, 0.1) is 6.92 Å². The Labute approximate surface area is 125 Å². The summed E-state index contributed by atoms with van der Waals surface area (Å²) < 4.78 is 27.3. The molecule has 7 heteroatoms. The van der Waals surface area contributed by atoms with Gasteiger partial charge >= 0.3 is 0 Å². The second-order valence-corrected chi connectivity index (χ2v) is 6.79. The maximum Gasteiger partial charge on any atom is 0.263 e. The molecule has 0 unspecified atom stereocenters. The maximum absolute atomic E-state index is 12.2. The summed E-state index contributed by atoms with van der Waals surface area (Å²) in [6, 6.07) is 9.51. The first-order chi connectivity index (χ1) is 8.88. The Bertz CT molecular complexity index is 719. The number of halogens is 2. The number of aryl methyl sites for hydroxylation is 1. The van der Waals surface area contributed by atoms with Crippen LogP contribution in [0.4, 0.5) is 5.82 Å². The van der Waals surface area contributed by atoms with Gasteiger partial charge in [-0.2, -0.15) is 0 Å². The highest BCUT2D eigenvalue weighted by atomic mass is 79.9. The summed E-state index contributed by atoms with van der Waals surface area (Å²) in [6.07, 6.45) is 0. The van der Waals surface area contributed by atoms with E-state index in [1.165, 1.54) is 18.2 Å². The number of nitrogens with one attached hydrogen (secondary N) is 1. The molecule has 0 saturated heterocycles. The minimum Gasteiger partial charge on any atom is -0.263 e. The van der Waals surface area contributed by atoms with Crippen LogP contribution in [-0.4, -0.2) is 13.4 Å². The Kier molecular flexibility index (Phi) is 4.13. The molecule has 0 aliphatic rings. The zero-order valence-electron chi connectivity index (χ0n) is 9.89. The Morgan fingerprint density at radius 2 is 2.00 bits per heavy atom. The lowest BCUT2D eigenvalue weighted by Gasteiger charge is -2.08. The number of anilines is 1. The highest BCUT2D eigenvalue weighted by Crippen LogP contribution is 2.26. The van der Waals surface area contributed by atoms with Crippen molar-refractivity contribution < 1.29 is 8.42 Å². The first kappa shape index (κ1) is 14.3. The molecule has 2 aromatic rings. The lowest BCUT2D eigenvalue weighted by molar-refractivity contribution is 0.601. The fourth-order valence-corrected chi connectivity index (χ4v) is 3.12. The van der Waals surface area contributed by atoms with Gasteiger partial charge in [-0.1, -0.05) is 17.7 Å². The van der Waals surface area contributed by atoms with Crippen molar-refractivity contribution in [1.82, 2.24) is 4.98 Å². The largest absolute Gasteiger partial charge is 0.263 e. The van der Waals surface area contributed by atoms with E-state index < -0.39 is 10.0 Å². The molecule has 0 atom stereocenters. The fourth-order valence-electron chi connectivity index (χ4n) is 1.44. The lowest BCUT2D eigenvalue weighted by Crippen LogP contribution is -2.14. The van der Waals surface area contributed by atoms with E-state index in [1.807, 2.05) is 0 Å². The summed E-state index contributed by atoms with van der Waals surface area (Å²) in [4.78, 5) is 4.21. The number of rotatable bonds is 3. The van der Waals surface area contributed by atoms with Gasteiger partial charge in [0.15, 0.2) is 0 Å². The molecule has 0 bridgehead atoms. The average Bonchev–Trinajstić information content (AvgIpc) is 2.32. The van der Waals surface area contributed by atoms with Gasteiger partial charge in [0.1, 0.15) is 5.82 Å². The minimum atomic E-state index is -3.67. The number of nitrogens with zero attached hydrogens (tertiary/aromatic N) is 1. The van der Waals surface area contributed by atoms with Gasteiger partial charge in [-0.25, -0.2) is 13.4 Å². The van der Waals surface area contributed by atoms with Crippen molar-refractivity contribution in [2.24, 2.45) is 0 Å². The Morgan fingerprint density at radius 3 is 2.63 bits per heavy atom. The molecule has 0 aliphatic carbocycles. The van der Waals surface area contributed by atoms with Crippen LogP contribution in [0.1, 0.15) is 5.69 Å². The lowest BCUT2D eigenvalue weighted by atomic mass is 10.4. The molecule has 1 N–H and O–H groups in total. The first-order valence-corrected chi connectivity index (χ1v) is 7.95. The molecule has 0 radical (unpaired) electrons. The zero-order valence-corrected chi connectivity index (χ0v) is 13.1. The predicted octanol–water partition coefficient (Wildman–Crippen LogP) is 3.61. The monoisotopic (exact) mass is 360 g/mol. The van der Waals surface area contributed by atoms with Gasteiger partial charge in [-0.3, -0.25) is 4.72 Å². The molecule has 100 valence electrons. The fraction of sp³-hybridized carbons (Fsp3) is 0.0833. The third-order valence-electron chi connectivity index (χ3n) is 2.33. The first-order valence-electron chi connectivity index (χ1n) is 5.30. The second-order valence-electron chi connectivity index (χ2n) is 3.85. The van der Waals surface area contributed by atoms with Gasteiger partial charge in [0, 0.05) is 10.2 Å². The van der Waals surface area contributed by atoms with Crippen LogP contribution in [0.2, 0.25) is 5.02 Å². The standard InChI is InChI=1S/C12H10BrClN2O2S/c1-8-3-2-4-12(15-8)16-19(17,18)9-5-6-11(14)10(13)7-9/h2-7H,1H3,(H,15,16). The van der Waals surface area contributed by atoms with Crippen LogP contribution in [0.15, 0.2) is 45.8 Å². The van der Waals surface area contributed by atoms with E-state index >= 15 is 0 Å². The van der Waals surface area contributed by atoms with E-state index in [0.717, 1.165) is 5.69 Å². The van der Waals surface area contributed by atoms with Gasteiger partial charge < -0.3 is 0 Å². The van der Waals surface area contributed by atoms with E-state index in [4.69, 9.17) is 11.6 Å². The molecule has 0 saturated carbocycles. The molecule has 1 aromatic carbocycles. The molecule has 1 heterocycles. The van der Waals surface area contributed by atoms with Crippen LogP contribution in [-0.2, 0) is 10.0 Å². The predicted molar refractivity (Wildman–Crippen MR) is 78.9 cm³/mol. The van der Waals surface area contributed by atoms with Crippen molar-refractivity contribution in [1.29, 1.82) is 0 Å². The number of hydrogen-bond donors (Lipinski definition) is 1. The molecular weight excluding hydrogens is 352 g/mol. The van der Waals surface area contributed by atoms with Crippen molar-refractivity contribution in [3.63, 3.8) is 0 Å². The molecule has 0 amide bonds. The smallest absolute Gasteiger partial charge is 0.263 e. The summed E-state index contributed by atoms with van der Waals surface area (Å²) in [6.45, 7) is 1.79. The molecule has 4 nitrogen and oxygen atoms in total. The quantitative estimate of drug-likeness (QED) is 0.908. The summed E-state index contributed by atoms with van der Waals surface area (Å²) in [5.41, 5.74) is 0.734. The van der Waals surface area contributed by atoms with Crippen molar-refractivity contribution in [2.45, 2.75) is 11.8 Å².